The van der Waals surface area contributed by atoms with E-state index >= 15 is 4.39 Å². The molecule has 60 heavy (non-hydrogen) atoms. The topological polar surface area (TPSA) is 138 Å². The molecule has 0 spiro atoms. The van der Waals surface area contributed by atoms with Gasteiger partial charge in [0.25, 0.3) is 17.4 Å². The van der Waals surface area contributed by atoms with Gasteiger partial charge in [0.1, 0.15) is 23.7 Å². The molecule has 1 unspecified atom stereocenters. The Kier molecular flexibility index (Phi) is 14.3. The Bertz CT molecular complexity index is 2600. The van der Waals surface area contributed by atoms with E-state index < -0.39 is 46.9 Å². The molecule has 15 heteroatoms. The molecule has 0 bridgehead atoms. The lowest BCUT2D eigenvalue weighted by Crippen LogP contribution is -2.54. The molecule has 1 saturated heterocycles. The van der Waals surface area contributed by atoms with Crippen LogP contribution in [0, 0.1) is 19.7 Å². The number of ether oxygens (including phenoxy) is 2. The van der Waals surface area contributed by atoms with Gasteiger partial charge in [-0.3, -0.25) is 24.1 Å². The summed E-state index contributed by atoms with van der Waals surface area (Å²) in [4.78, 5) is 64.9. The van der Waals surface area contributed by atoms with E-state index in [1.165, 1.54) is 60.2 Å². The van der Waals surface area contributed by atoms with Gasteiger partial charge in [0.2, 0.25) is 0 Å². The maximum atomic E-state index is 15.9. The van der Waals surface area contributed by atoms with Crippen LogP contribution in [-0.2, 0) is 23.0 Å². The standard InChI is InChI=1S/C41H37F3N6O6.2C2H6/c1-23-7-10-27(11-8-23)56-39(53)31(47-37(51)35-24(2)18-26(20-30(35)42)49-16-17-55-22-34(49)41(3,43)44)19-25-9-12-32(36-28(25)6-5-14-46-36)50-38(52)29-13-15-45-21-33(29)48(4)40(50)54;2*1-2/h5-15,18,20-21,31,34H,16-17,19,22H2,1-4H3,(H,47,51);2*1-2H3/t31?,34-;;/m1../s1. The van der Waals surface area contributed by atoms with E-state index in [1.807, 2.05) is 34.6 Å². The first-order chi connectivity index (χ1) is 28.7. The van der Waals surface area contributed by atoms with E-state index in [1.54, 1.807) is 42.5 Å². The molecule has 1 fully saturated rings. The first-order valence-electron chi connectivity index (χ1n) is 19.8. The van der Waals surface area contributed by atoms with E-state index in [0.717, 1.165) is 23.1 Å². The Hall–Kier alpha value is -6.35. The fraction of sp³-hybridized carbons (Fsp3) is 0.333. The fourth-order valence-electron chi connectivity index (χ4n) is 7.03. The molecule has 2 atom stereocenters. The van der Waals surface area contributed by atoms with Gasteiger partial charge in [-0.15, -0.1) is 0 Å². The van der Waals surface area contributed by atoms with Crippen LogP contribution in [0.4, 0.5) is 18.9 Å². The van der Waals surface area contributed by atoms with Gasteiger partial charge in [0.15, 0.2) is 0 Å². The minimum absolute atomic E-state index is 0.0919. The first-order valence-corrected chi connectivity index (χ1v) is 19.8. The number of nitrogens with zero attached hydrogens (tertiary/aromatic N) is 5. The van der Waals surface area contributed by atoms with Crippen LogP contribution in [0.1, 0.15) is 61.7 Å². The number of amides is 1. The summed E-state index contributed by atoms with van der Waals surface area (Å²) in [5.41, 5.74) is 0.971. The zero-order valence-corrected chi connectivity index (χ0v) is 34.9. The van der Waals surface area contributed by atoms with Crippen molar-refractivity contribution in [2.45, 2.75) is 72.9 Å². The second kappa shape index (κ2) is 19.1. The number of fused-ring (bicyclic) bond motifs is 2. The minimum Gasteiger partial charge on any atom is -0.425 e. The highest BCUT2D eigenvalue weighted by atomic mass is 19.3. The highest BCUT2D eigenvalue weighted by molar-refractivity contribution is 5.99. The summed E-state index contributed by atoms with van der Waals surface area (Å²) in [6.45, 7) is 12.1. The number of rotatable bonds is 9. The molecule has 1 aliphatic heterocycles. The molecule has 3 aromatic carbocycles. The molecule has 0 radical (unpaired) electrons. The predicted octanol–water partition coefficient (Wildman–Crippen LogP) is 7.25. The SMILES string of the molecule is CC.CC.Cc1ccc(OC(=O)C(Cc2ccc(-n3c(=O)c4ccncc4n(C)c3=O)c3ncccc23)NC(=O)c2c(C)cc(N3CCOC[C@@H]3C(C)(F)F)cc2F)cc1. The summed E-state index contributed by atoms with van der Waals surface area (Å²) in [7, 11) is 1.53. The second-order valence-corrected chi connectivity index (χ2v) is 13.8. The van der Waals surface area contributed by atoms with Crippen LogP contribution in [0.25, 0.3) is 27.5 Å². The largest absolute Gasteiger partial charge is 0.425 e. The summed E-state index contributed by atoms with van der Waals surface area (Å²) in [6, 6.07) is 14.5. The maximum Gasteiger partial charge on any atom is 0.335 e. The van der Waals surface area contributed by atoms with Crippen molar-refractivity contribution in [3.8, 4) is 11.4 Å². The number of esters is 1. The number of benzene rings is 3. The van der Waals surface area contributed by atoms with Gasteiger partial charge < -0.3 is 19.7 Å². The molecule has 1 amide bonds. The average Bonchev–Trinajstić information content (AvgIpc) is 3.25. The number of aromatic nitrogens is 4. The molecule has 4 heterocycles. The average molecular weight is 827 g/mol. The van der Waals surface area contributed by atoms with Gasteiger partial charge in [-0.1, -0.05) is 57.5 Å². The third-order valence-corrected chi connectivity index (χ3v) is 9.95. The van der Waals surface area contributed by atoms with Gasteiger partial charge in [-0.2, -0.15) is 0 Å². The van der Waals surface area contributed by atoms with Crippen molar-refractivity contribution in [2.24, 2.45) is 7.05 Å². The highest BCUT2D eigenvalue weighted by Gasteiger charge is 2.41. The van der Waals surface area contributed by atoms with Gasteiger partial charge in [-0.25, -0.2) is 27.3 Å². The number of halogens is 3. The number of carbonyl (C=O) groups is 2. The monoisotopic (exact) mass is 826 g/mol. The molecule has 0 saturated carbocycles. The van der Waals surface area contributed by atoms with Crippen LogP contribution in [0.15, 0.2) is 94.9 Å². The van der Waals surface area contributed by atoms with E-state index in [9.17, 15) is 28.0 Å². The van der Waals surface area contributed by atoms with Crippen molar-refractivity contribution < 1.29 is 32.2 Å². The second-order valence-electron chi connectivity index (χ2n) is 13.8. The van der Waals surface area contributed by atoms with Crippen molar-refractivity contribution in [3.63, 3.8) is 0 Å². The summed E-state index contributed by atoms with van der Waals surface area (Å²) in [6.07, 6.45) is 4.21. The lowest BCUT2D eigenvalue weighted by molar-refractivity contribution is -0.136. The van der Waals surface area contributed by atoms with Crippen LogP contribution >= 0.6 is 0 Å². The van der Waals surface area contributed by atoms with Crippen LogP contribution in [-0.4, -0.2) is 68.7 Å². The number of hydrogen-bond acceptors (Lipinski definition) is 9. The van der Waals surface area contributed by atoms with E-state index in [0.29, 0.717) is 16.5 Å². The number of pyridine rings is 2. The van der Waals surface area contributed by atoms with Crippen molar-refractivity contribution in [2.75, 3.05) is 24.7 Å². The van der Waals surface area contributed by atoms with Gasteiger partial charge in [-0.05, 0) is 67.4 Å². The molecule has 1 N–H and O–H groups in total. The Morgan fingerprint density at radius 1 is 0.983 bits per heavy atom. The van der Waals surface area contributed by atoms with E-state index in [4.69, 9.17) is 9.47 Å². The summed E-state index contributed by atoms with van der Waals surface area (Å²) < 4.78 is 58.2. The first kappa shape index (κ1) is 44.7. The van der Waals surface area contributed by atoms with Crippen molar-refractivity contribution >= 4 is 39.4 Å². The Labute approximate surface area is 345 Å². The molecule has 6 aromatic rings. The summed E-state index contributed by atoms with van der Waals surface area (Å²) >= 11 is 0. The number of morpholine rings is 1. The smallest absolute Gasteiger partial charge is 0.335 e. The number of carbonyl (C=O) groups excluding carboxylic acids is 2. The third-order valence-electron chi connectivity index (χ3n) is 9.95. The predicted molar refractivity (Wildman–Crippen MR) is 226 cm³/mol. The number of anilines is 1. The fourth-order valence-corrected chi connectivity index (χ4v) is 7.03. The van der Waals surface area contributed by atoms with E-state index in [-0.39, 0.29) is 65.3 Å². The Morgan fingerprint density at radius 2 is 1.70 bits per heavy atom. The molecule has 0 aliphatic carbocycles. The zero-order chi connectivity index (χ0) is 43.9. The molecular formula is C45H49F3N6O6. The third kappa shape index (κ3) is 9.26. The molecular weight excluding hydrogens is 778 g/mol. The quantitative estimate of drug-likeness (QED) is 0.118. The summed E-state index contributed by atoms with van der Waals surface area (Å²) in [5.74, 6) is -5.70. The highest BCUT2D eigenvalue weighted by Crippen LogP contribution is 2.32. The number of nitrogens with one attached hydrogen (secondary N) is 1. The normalized spacial score (nSPS) is 14.4. The van der Waals surface area contributed by atoms with Gasteiger partial charge >= 0.3 is 11.7 Å². The Morgan fingerprint density at radius 3 is 2.38 bits per heavy atom. The maximum absolute atomic E-state index is 15.9. The minimum atomic E-state index is -3.15. The summed E-state index contributed by atoms with van der Waals surface area (Å²) in [5, 5.41) is 3.37. The Balaban J connectivity index is 0.00000166. The molecule has 1 aliphatic rings. The molecule has 316 valence electrons. The van der Waals surface area contributed by atoms with Crippen LogP contribution in [0.5, 0.6) is 5.75 Å². The van der Waals surface area contributed by atoms with Crippen LogP contribution in [0.2, 0.25) is 0 Å². The van der Waals surface area contributed by atoms with Crippen molar-refractivity contribution in [3.05, 3.63) is 134 Å². The lowest BCUT2D eigenvalue weighted by atomic mass is 9.98. The van der Waals surface area contributed by atoms with Crippen LogP contribution in [0.3, 0.4) is 0 Å². The van der Waals surface area contributed by atoms with Gasteiger partial charge in [0.05, 0.1) is 47.1 Å². The van der Waals surface area contributed by atoms with Gasteiger partial charge in [0, 0.05) is 50.4 Å². The molecule has 3 aromatic heterocycles. The number of alkyl halides is 2. The van der Waals surface area contributed by atoms with Crippen molar-refractivity contribution in [1.29, 1.82) is 0 Å². The zero-order valence-electron chi connectivity index (χ0n) is 34.9. The number of hydrogen-bond donors (Lipinski definition) is 1. The van der Waals surface area contributed by atoms with Crippen LogP contribution < -0.4 is 26.2 Å². The van der Waals surface area contributed by atoms with E-state index in [2.05, 4.69) is 15.3 Å². The lowest BCUT2D eigenvalue weighted by Gasteiger charge is -2.40. The molecule has 12 nitrogen and oxygen atoms in total. The van der Waals surface area contributed by atoms with Crippen molar-refractivity contribution in [1.82, 2.24) is 24.4 Å². The molecule has 7 rings (SSSR count). The number of aryl methyl sites for hydroxylation is 3.